The molecule has 2 heterocycles. The molecule has 0 spiro atoms. The monoisotopic (exact) mass is 459 g/mol. The molecule has 1 aromatic heterocycles. The van der Waals surface area contributed by atoms with Gasteiger partial charge in [-0.1, -0.05) is 6.07 Å². The lowest BCUT2D eigenvalue weighted by Gasteiger charge is -2.13. The molecule has 1 aromatic carbocycles. The maximum absolute atomic E-state index is 12.7. The van der Waals surface area contributed by atoms with Gasteiger partial charge >= 0.3 is 5.69 Å². The van der Waals surface area contributed by atoms with Crippen molar-refractivity contribution < 1.29 is 19.2 Å². The molecule has 0 unspecified atom stereocenters. The number of benzene rings is 1. The fourth-order valence-electron chi connectivity index (χ4n) is 3.59. The number of nitrogens with one attached hydrogen (secondary N) is 1. The van der Waals surface area contributed by atoms with E-state index in [-0.39, 0.29) is 18.1 Å². The molecule has 0 saturated carbocycles. The van der Waals surface area contributed by atoms with Gasteiger partial charge < -0.3 is 14.8 Å². The Morgan fingerprint density at radius 2 is 2.06 bits per heavy atom. The van der Waals surface area contributed by atoms with Crippen molar-refractivity contribution in [3.05, 3.63) is 56.5 Å². The van der Waals surface area contributed by atoms with Gasteiger partial charge in [0, 0.05) is 25.8 Å². The van der Waals surface area contributed by atoms with Crippen molar-refractivity contribution in [3.63, 3.8) is 0 Å². The van der Waals surface area contributed by atoms with Crippen LogP contribution < -0.4 is 10.1 Å². The summed E-state index contributed by atoms with van der Waals surface area (Å²) >= 11 is 5.29. The first-order valence-corrected chi connectivity index (χ1v) is 10.4. The highest BCUT2D eigenvalue weighted by Gasteiger charge is 2.30. The van der Waals surface area contributed by atoms with Gasteiger partial charge in [-0.3, -0.25) is 24.5 Å². The van der Waals surface area contributed by atoms with Crippen LogP contribution in [0.15, 0.2) is 23.9 Å². The Kier molecular flexibility index (Phi) is 7.21. The van der Waals surface area contributed by atoms with Gasteiger partial charge in [0.15, 0.2) is 5.11 Å². The Morgan fingerprint density at radius 3 is 2.69 bits per heavy atom. The summed E-state index contributed by atoms with van der Waals surface area (Å²) in [6.07, 6.45) is 2.40. The topological polar surface area (TPSA) is 112 Å². The number of hydrogen-bond donors (Lipinski definition) is 1. The van der Waals surface area contributed by atoms with Crippen molar-refractivity contribution in [3.8, 4) is 5.75 Å². The number of ether oxygens (including phenoxy) is 2. The Morgan fingerprint density at radius 1 is 1.31 bits per heavy atom. The predicted molar refractivity (Wildman–Crippen MR) is 122 cm³/mol. The Hall–Kier alpha value is -3.31. The minimum Gasteiger partial charge on any atom is -0.496 e. The van der Waals surface area contributed by atoms with E-state index in [1.54, 1.807) is 44.9 Å². The SMILES string of the molecule is COCCCN1C(=O)/C(=C\c2ccc(OC)c(Cn3nc(C)c([N+](=O)[O-])c3C)c2)NC1=S. The summed E-state index contributed by atoms with van der Waals surface area (Å²) in [6, 6.07) is 5.47. The summed E-state index contributed by atoms with van der Waals surface area (Å²) in [7, 11) is 3.16. The fraction of sp³-hybridized carbons (Fsp3) is 0.381. The molecule has 1 fully saturated rings. The third-order valence-corrected chi connectivity index (χ3v) is 5.48. The Labute approximate surface area is 190 Å². The first-order valence-electron chi connectivity index (χ1n) is 9.95. The number of rotatable bonds is 9. The van der Waals surface area contributed by atoms with Crippen LogP contribution in [0.25, 0.3) is 6.08 Å². The van der Waals surface area contributed by atoms with Crippen molar-refractivity contribution in [2.24, 2.45) is 0 Å². The summed E-state index contributed by atoms with van der Waals surface area (Å²) in [6.45, 7) is 4.57. The number of hydrogen-bond acceptors (Lipinski definition) is 7. The van der Waals surface area contributed by atoms with Crippen molar-refractivity contribution >= 4 is 35.0 Å². The smallest absolute Gasteiger partial charge is 0.312 e. The molecule has 11 heteroatoms. The summed E-state index contributed by atoms with van der Waals surface area (Å²) in [5.74, 6) is 0.419. The second-order valence-corrected chi connectivity index (χ2v) is 7.68. The fourth-order valence-corrected chi connectivity index (χ4v) is 3.87. The predicted octanol–water partition coefficient (Wildman–Crippen LogP) is 2.56. The molecule has 3 rings (SSSR count). The highest BCUT2D eigenvalue weighted by Crippen LogP contribution is 2.27. The molecule has 1 saturated heterocycles. The van der Waals surface area contributed by atoms with Gasteiger partial charge in [0.1, 0.15) is 22.8 Å². The molecular weight excluding hydrogens is 434 g/mol. The largest absolute Gasteiger partial charge is 0.496 e. The van der Waals surface area contributed by atoms with Gasteiger partial charge in [-0.2, -0.15) is 5.10 Å². The first kappa shape index (κ1) is 23.4. The number of nitro groups is 1. The second-order valence-electron chi connectivity index (χ2n) is 7.30. The van der Waals surface area contributed by atoms with Crippen LogP contribution in [0.2, 0.25) is 0 Å². The maximum atomic E-state index is 12.7. The van der Waals surface area contributed by atoms with Crippen molar-refractivity contribution in [1.29, 1.82) is 0 Å². The van der Waals surface area contributed by atoms with E-state index in [4.69, 9.17) is 21.7 Å². The van der Waals surface area contributed by atoms with Crippen LogP contribution in [-0.2, 0) is 16.1 Å². The first-order chi connectivity index (χ1) is 15.3. The van der Waals surface area contributed by atoms with Crippen LogP contribution >= 0.6 is 12.2 Å². The van der Waals surface area contributed by atoms with E-state index in [0.717, 1.165) is 11.1 Å². The van der Waals surface area contributed by atoms with Crippen molar-refractivity contribution in [1.82, 2.24) is 20.0 Å². The Balaban J connectivity index is 1.87. The van der Waals surface area contributed by atoms with Gasteiger partial charge in [0.25, 0.3) is 5.91 Å². The molecule has 1 aliphatic rings. The van der Waals surface area contributed by atoms with Gasteiger partial charge in [0.2, 0.25) is 0 Å². The number of methoxy groups -OCH3 is 2. The summed E-state index contributed by atoms with van der Waals surface area (Å²) in [4.78, 5) is 25.1. The molecule has 2 aromatic rings. The molecule has 32 heavy (non-hydrogen) atoms. The van der Waals surface area contributed by atoms with Crippen LogP contribution in [0.3, 0.4) is 0 Å². The number of carbonyl (C=O) groups excluding carboxylic acids is 1. The molecule has 0 atom stereocenters. The molecule has 0 aliphatic carbocycles. The molecule has 10 nitrogen and oxygen atoms in total. The lowest BCUT2D eigenvalue weighted by Crippen LogP contribution is -2.32. The van der Waals surface area contributed by atoms with Crippen LogP contribution in [0.5, 0.6) is 5.75 Å². The molecule has 1 N–H and O–H groups in total. The molecule has 0 radical (unpaired) electrons. The van der Waals surface area contributed by atoms with Crippen LogP contribution in [0, 0.1) is 24.0 Å². The van der Waals surface area contributed by atoms with E-state index in [9.17, 15) is 14.9 Å². The van der Waals surface area contributed by atoms with E-state index in [1.165, 1.54) is 4.90 Å². The van der Waals surface area contributed by atoms with Crippen molar-refractivity contribution in [2.45, 2.75) is 26.8 Å². The number of aromatic nitrogens is 2. The molecular formula is C21H25N5O5S. The molecule has 1 amide bonds. The minimum absolute atomic E-state index is 0.00469. The van der Waals surface area contributed by atoms with Crippen molar-refractivity contribution in [2.75, 3.05) is 27.4 Å². The third-order valence-electron chi connectivity index (χ3n) is 5.15. The number of carbonyl (C=O) groups is 1. The number of thiocarbonyl (C=S) groups is 1. The van der Waals surface area contributed by atoms with E-state index in [2.05, 4.69) is 10.4 Å². The quantitative estimate of drug-likeness (QED) is 0.200. The number of aryl methyl sites for hydroxylation is 1. The summed E-state index contributed by atoms with van der Waals surface area (Å²) in [5.41, 5.74) is 2.73. The molecule has 170 valence electrons. The summed E-state index contributed by atoms with van der Waals surface area (Å²) < 4.78 is 12.1. The standard InChI is InChI=1S/C21H25N5O5S/c1-13-19(26(28)29)14(2)25(23-13)12-16-10-15(6-7-18(16)31-4)11-17-20(27)24(21(32)22-17)8-5-9-30-3/h6-7,10-11H,5,8-9,12H2,1-4H3,(H,22,32)/b17-11+. The van der Waals surface area contributed by atoms with Gasteiger partial charge in [0.05, 0.1) is 18.6 Å². The highest BCUT2D eigenvalue weighted by molar-refractivity contribution is 7.80. The van der Waals surface area contributed by atoms with Crippen LogP contribution in [-0.4, -0.2) is 58.0 Å². The van der Waals surface area contributed by atoms with E-state index in [0.29, 0.717) is 47.5 Å². The minimum atomic E-state index is -0.426. The zero-order chi connectivity index (χ0) is 23.4. The van der Waals surface area contributed by atoms with Crippen LogP contribution in [0.1, 0.15) is 28.9 Å². The number of amides is 1. The Bertz CT molecular complexity index is 1090. The van der Waals surface area contributed by atoms with E-state index >= 15 is 0 Å². The normalized spacial score (nSPS) is 14.9. The van der Waals surface area contributed by atoms with Gasteiger partial charge in [-0.05, 0) is 56.3 Å². The van der Waals surface area contributed by atoms with Gasteiger partial charge in [-0.25, -0.2) is 0 Å². The van der Waals surface area contributed by atoms with Crippen LogP contribution in [0.4, 0.5) is 5.69 Å². The lowest BCUT2D eigenvalue weighted by atomic mass is 10.1. The number of nitrogens with zero attached hydrogens (tertiary/aromatic N) is 4. The third kappa shape index (κ3) is 4.78. The van der Waals surface area contributed by atoms with Gasteiger partial charge in [-0.15, -0.1) is 0 Å². The summed E-state index contributed by atoms with van der Waals surface area (Å²) in [5, 5.41) is 18.9. The van der Waals surface area contributed by atoms with E-state index in [1.807, 2.05) is 12.1 Å². The van der Waals surface area contributed by atoms with E-state index < -0.39 is 4.92 Å². The zero-order valence-corrected chi connectivity index (χ0v) is 19.2. The maximum Gasteiger partial charge on any atom is 0.312 e. The average molecular weight is 460 g/mol. The zero-order valence-electron chi connectivity index (χ0n) is 18.4. The molecule has 1 aliphatic heterocycles. The second kappa shape index (κ2) is 9.88. The molecule has 0 bridgehead atoms. The highest BCUT2D eigenvalue weighted by atomic mass is 32.1. The lowest BCUT2D eigenvalue weighted by molar-refractivity contribution is -0.386. The average Bonchev–Trinajstić information content (AvgIpc) is 3.17.